The second kappa shape index (κ2) is 8.76. The largest absolute Gasteiger partial charge is 0.494 e. The van der Waals surface area contributed by atoms with Crippen LogP contribution >= 0.6 is 23.6 Å². The molecule has 0 unspecified atom stereocenters. The Hall–Kier alpha value is -3.04. The van der Waals surface area contributed by atoms with Crippen molar-refractivity contribution >= 4 is 44.8 Å². The van der Waals surface area contributed by atoms with E-state index in [-0.39, 0.29) is 12.3 Å². The average Bonchev–Trinajstić information content (AvgIpc) is 3.31. The van der Waals surface area contributed by atoms with Crippen LogP contribution in [0, 0.1) is 11.7 Å². The summed E-state index contributed by atoms with van der Waals surface area (Å²) < 4.78 is 8.84. The Labute approximate surface area is 182 Å². The highest BCUT2D eigenvalue weighted by Crippen LogP contribution is 2.28. The van der Waals surface area contributed by atoms with Gasteiger partial charge in [0, 0.05) is 18.5 Å². The van der Waals surface area contributed by atoms with E-state index in [9.17, 15) is 4.79 Å². The van der Waals surface area contributed by atoms with Gasteiger partial charge in [-0.1, -0.05) is 23.5 Å². The van der Waals surface area contributed by atoms with E-state index in [1.165, 1.54) is 11.3 Å². The number of aromatic amines is 1. The third-order valence-electron chi connectivity index (χ3n) is 4.61. The molecule has 0 aliphatic carbocycles. The third kappa shape index (κ3) is 4.27. The molecule has 0 spiro atoms. The fraction of sp³-hybridized carbons (Fsp3) is 0.238. The van der Waals surface area contributed by atoms with E-state index >= 15 is 0 Å². The van der Waals surface area contributed by atoms with E-state index in [4.69, 9.17) is 17.0 Å². The number of H-pyrrole nitrogens is 1. The van der Waals surface area contributed by atoms with Crippen molar-refractivity contribution in [2.24, 2.45) is 0 Å². The summed E-state index contributed by atoms with van der Waals surface area (Å²) in [5.74, 6) is 1.37. The molecule has 0 fully saturated rings. The molecule has 7 nitrogen and oxygen atoms in total. The summed E-state index contributed by atoms with van der Waals surface area (Å²) >= 11 is 6.83. The summed E-state index contributed by atoms with van der Waals surface area (Å²) in [7, 11) is 0. The maximum absolute atomic E-state index is 12.5. The van der Waals surface area contributed by atoms with E-state index in [0.29, 0.717) is 28.9 Å². The highest BCUT2D eigenvalue weighted by Gasteiger charge is 2.13. The van der Waals surface area contributed by atoms with Crippen LogP contribution < -0.4 is 10.1 Å². The summed E-state index contributed by atoms with van der Waals surface area (Å²) in [6, 6.07) is 13.6. The van der Waals surface area contributed by atoms with Gasteiger partial charge in [0.2, 0.25) is 5.91 Å². The van der Waals surface area contributed by atoms with Gasteiger partial charge in [-0.05, 0) is 62.0 Å². The van der Waals surface area contributed by atoms with Gasteiger partial charge in [-0.25, -0.2) is 4.98 Å². The van der Waals surface area contributed by atoms with Crippen molar-refractivity contribution in [1.82, 2.24) is 19.7 Å². The number of carbonyl (C=O) groups excluding carboxylic acids is 1. The predicted molar refractivity (Wildman–Crippen MR) is 122 cm³/mol. The molecular weight excluding hydrogens is 418 g/mol. The van der Waals surface area contributed by atoms with Crippen LogP contribution in [0.4, 0.5) is 5.13 Å². The first-order valence-electron chi connectivity index (χ1n) is 9.59. The summed E-state index contributed by atoms with van der Waals surface area (Å²) in [5, 5.41) is 10.6. The zero-order chi connectivity index (χ0) is 21.1. The lowest BCUT2D eigenvalue weighted by atomic mass is 10.2. The molecule has 4 aromatic rings. The van der Waals surface area contributed by atoms with Crippen molar-refractivity contribution in [3.8, 4) is 17.1 Å². The molecule has 0 aliphatic heterocycles. The standard InChI is InChI=1S/C21H21N5O2S2/c1-3-28-15-9-7-14(8-10-15)19-24-25-21(29)26(19)12-11-17(27)22-20-23-18-13(2)5-4-6-16(18)30-20/h4-10H,3,11-12H2,1-2H3,(H,25,29)(H,22,23,27). The Kier molecular flexibility index (Phi) is 5.91. The lowest BCUT2D eigenvalue weighted by molar-refractivity contribution is -0.116. The zero-order valence-electron chi connectivity index (χ0n) is 16.6. The lowest BCUT2D eigenvalue weighted by Gasteiger charge is -2.08. The SMILES string of the molecule is CCOc1ccc(-c2n[nH]c(=S)n2CCC(=O)Nc2nc3c(C)cccc3s2)cc1. The topological polar surface area (TPSA) is 84.8 Å². The van der Waals surface area contributed by atoms with Crippen molar-refractivity contribution in [1.29, 1.82) is 0 Å². The number of aromatic nitrogens is 4. The number of benzene rings is 2. The Morgan fingerprint density at radius 2 is 2.07 bits per heavy atom. The number of amides is 1. The molecule has 2 aromatic heterocycles. The molecule has 2 heterocycles. The molecule has 0 radical (unpaired) electrons. The second-order valence-corrected chi connectivity index (χ2v) is 8.12. The Morgan fingerprint density at radius 3 is 2.80 bits per heavy atom. The highest BCUT2D eigenvalue weighted by molar-refractivity contribution is 7.71. The van der Waals surface area contributed by atoms with Crippen LogP contribution in [0.25, 0.3) is 21.6 Å². The summed E-state index contributed by atoms with van der Waals surface area (Å²) in [6.07, 6.45) is 0.257. The summed E-state index contributed by atoms with van der Waals surface area (Å²) in [6.45, 7) is 4.98. The van der Waals surface area contributed by atoms with Crippen LogP contribution in [0.3, 0.4) is 0 Å². The van der Waals surface area contributed by atoms with Gasteiger partial charge in [0.1, 0.15) is 5.75 Å². The van der Waals surface area contributed by atoms with Crippen molar-refractivity contribution in [2.45, 2.75) is 26.8 Å². The van der Waals surface area contributed by atoms with E-state index in [1.807, 2.05) is 60.9 Å². The van der Waals surface area contributed by atoms with Gasteiger partial charge in [0.25, 0.3) is 0 Å². The van der Waals surface area contributed by atoms with Crippen LogP contribution in [-0.2, 0) is 11.3 Å². The summed E-state index contributed by atoms with van der Waals surface area (Å²) in [5.41, 5.74) is 2.91. The molecule has 30 heavy (non-hydrogen) atoms. The lowest BCUT2D eigenvalue weighted by Crippen LogP contribution is -2.15. The van der Waals surface area contributed by atoms with Crippen molar-refractivity contribution in [2.75, 3.05) is 11.9 Å². The molecule has 154 valence electrons. The van der Waals surface area contributed by atoms with E-state index in [2.05, 4.69) is 20.5 Å². The number of anilines is 1. The monoisotopic (exact) mass is 439 g/mol. The number of hydrogen-bond donors (Lipinski definition) is 2. The molecule has 0 bridgehead atoms. The van der Waals surface area contributed by atoms with Gasteiger partial charge in [0.05, 0.1) is 16.8 Å². The highest BCUT2D eigenvalue weighted by atomic mass is 32.1. The number of nitrogens with zero attached hydrogens (tertiary/aromatic N) is 3. The fourth-order valence-corrected chi connectivity index (χ4v) is 4.33. The van der Waals surface area contributed by atoms with Gasteiger partial charge >= 0.3 is 0 Å². The first-order chi connectivity index (χ1) is 14.5. The smallest absolute Gasteiger partial charge is 0.227 e. The number of thiazole rings is 1. The van der Waals surface area contributed by atoms with Gasteiger partial charge in [-0.3, -0.25) is 14.5 Å². The van der Waals surface area contributed by atoms with Crippen LogP contribution in [0.5, 0.6) is 5.75 Å². The minimum absolute atomic E-state index is 0.118. The Bertz CT molecular complexity index is 1240. The van der Waals surface area contributed by atoms with Gasteiger partial charge in [-0.2, -0.15) is 5.10 Å². The number of fused-ring (bicyclic) bond motifs is 1. The molecule has 0 saturated heterocycles. The van der Waals surface area contributed by atoms with E-state index in [0.717, 1.165) is 27.1 Å². The van der Waals surface area contributed by atoms with Crippen molar-refractivity contribution in [3.63, 3.8) is 0 Å². The quantitative estimate of drug-likeness (QED) is 0.398. The fourth-order valence-electron chi connectivity index (χ4n) is 3.15. The minimum atomic E-state index is -0.118. The van der Waals surface area contributed by atoms with Crippen LogP contribution in [-0.4, -0.2) is 32.3 Å². The van der Waals surface area contributed by atoms with Gasteiger partial charge < -0.3 is 10.1 Å². The predicted octanol–water partition coefficient (Wildman–Crippen LogP) is 4.95. The molecule has 2 aromatic carbocycles. The Morgan fingerprint density at radius 1 is 1.27 bits per heavy atom. The number of carbonyl (C=O) groups is 1. The third-order valence-corrected chi connectivity index (χ3v) is 5.86. The number of rotatable bonds is 7. The molecule has 0 saturated carbocycles. The second-order valence-electron chi connectivity index (χ2n) is 6.70. The average molecular weight is 440 g/mol. The molecular formula is C21H21N5O2S2. The molecule has 0 atom stereocenters. The number of hydrogen-bond acceptors (Lipinski definition) is 6. The number of para-hydroxylation sites is 1. The molecule has 4 rings (SSSR count). The first kappa shape index (κ1) is 20.2. The molecule has 2 N–H and O–H groups in total. The van der Waals surface area contributed by atoms with E-state index < -0.39 is 0 Å². The van der Waals surface area contributed by atoms with Crippen LogP contribution in [0.1, 0.15) is 18.9 Å². The summed E-state index contributed by atoms with van der Waals surface area (Å²) in [4.78, 5) is 17.0. The Balaban J connectivity index is 1.45. The van der Waals surface area contributed by atoms with Gasteiger partial charge in [-0.15, -0.1) is 0 Å². The van der Waals surface area contributed by atoms with Crippen LogP contribution in [0.15, 0.2) is 42.5 Å². The van der Waals surface area contributed by atoms with Crippen molar-refractivity contribution < 1.29 is 9.53 Å². The minimum Gasteiger partial charge on any atom is -0.494 e. The number of ether oxygens (including phenoxy) is 1. The normalized spacial score (nSPS) is 11.0. The van der Waals surface area contributed by atoms with Crippen molar-refractivity contribution in [3.05, 3.63) is 52.8 Å². The van der Waals surface area contributed by atoms with Crippen LogP contribution in [0.2, 0.25) is 0 Å². The zero-order valence-corrected chi connectivity index (χ0v) is 18.3. The molecule has 0 aliphatic rings. The van der Waals surface area contributed by atoms with Gasteiger partial charge in [0.15, 0.2) is 15.7 Å². The molecule has 1 amide bonds. The first-order valence-corrected chi connectivity index (χ1v) is 10.8. The van der Waals surface area contributed by atoms with E-state index in [1.54, 1.807) is 0 Å². The number of aryl methyl sites for hydroxylation is 1. The molecule has 9 heteroatoms. The maximum Gasteiger partial charge on any atom is 0.227 e. The number of nitrogens with one attached hydrogen (secondary N) is 2. The maximum atomic E-state index is 12.5.